The van der Waals surface area contributed by atoms with Crippen molar-refractivity contribution in [3.8, 4) is 0 Å². The quantitative estimate of drug-likeness (QED) is 0.655. The van der Waals surface area contributed by atoms with Crippen LogP contribution in [0, 0.1) is 17.5 Å². The number of fused-ring (bicyclic) bond motifs is 1. The number of aromatic nitrogens is 2. The van der Waals surface area contributed by atoms with Crippen LogP contribution in [0.3, 0.4) is 0 Å². The Morgan fingerprint density at radius 1 is 1.00 bits per heavy atom. The maximum atomic E-state index is 13.4. The van der Waals surface area contributed by atoms with Crippen molar-refractivity contribution in [3.63, 3.8) is 0 Å². The lowest BCUT2D eigenvalue weighted by Gasteiger charge is -2.02. The number of aliphatic imine (C=N–C) groups is 1. The number of halogens is 3. The van der Waals surface area contributed by atoms with Gasteiger partial charge in [-0.1, -0.05) is 6.07 Å². The molecule has 1 N–H and O–H groups in total. The molecule has 9 heteroatoms. The molecule has 0 saturated carbocycles. The highest BCUT2D eigenvalue weighted by Crippen LogP contribution is 2.29. The molecule has 0 bridgehead atoms. The number of amidine groups is 1. The number of nitrogens with one attached hydrogen (secondary N) is 1. The van der Waals surface area contributed by atoms with Gasteiger partial charge < -0.3 is 5.32 Å². The normalized spacial score (nSPS) is 17.1. The molecule has 0 unspecified atom stereocenters. The molecule has 1 amide bonds. The van der Waals surface area contributed by atoms with Crippen LogP contribution in [0.4, 0.5) is 23.7 Å². The van der Waals surface area contributed by atoms with Crippen LogP contribution in [0.25, 0.3) is 17.1 Å². The van der Waals surface area contributed by atoms with Gasteiger partial charge in [-0.25, -0.2) is 18.2 Å². The first-order valence-electron chi connectivity index (χ1n) is 7.64. The van der Waals surface area contributed by atoms with Crippen molar-refractivity contribution in [1.29, 1.82) is 0 Å². The van der Waals surface area contributed by atoms with E-state index in [1.165, 1.54) is 0 Å². The highest BCUT2D eigenvalue weighted by atomic mass is 32.2. The molecule has 0 aliphatic carbocycles. The number of benzene rings is 2. The van der Waals surface area contributed by atoms with Gasteiger partial charge in [0.1, 0.15) is 5.84 Å². The molecule has 2 heterocycles. The topological polar surface area (TPSA) is 67.2 Å². The van der Waals surface area contributed by atoms with E-state index < -0.39 is 17.5 Å². The van der Waals surface area contributed by atoms with E-state index in [0.29, 0.717) is 10.4 Å². The molecular weight excluding hydrogens is 377 g/mol. The van der Waals surface area contributed by atoms with Gasteiger partial charge in [-0.3, -0.25) is 14.8 Å². The van der Waals surface area contributed by atoms with Crippen LogP contribution in [-0.2, 0) is 0 Å². The first kappa shape index (κ1) is 17.2. The van der Waals surface area contributed by atoms with Crippen molar-refractivity contribution >= 4 is 45.6 Å². The fourth-order valence-electron chi connectivity index (χ4n) is 2.47. The number of hydrogen-bond donors (Lipinski definition) is 1. The second kappa shape index (κ2) is 6.84. The molecule has 2 aromatic carbocycles. The Hall–Kier alpha value is -3.20. The highest BCUT2D eigenvalue weighted by molar-refractivity contribution is 8.18. The van der Waals surface area contributed by atoms with E-state index >= 15 is 0 Å². The average Bonchev–Trinajstić information content (AvgIpc) is 2.98. The first-order valence-corrected chi connectivity index (χ1v) is 8.46. The first-order chi connectivity index (χ1) is 13.0. The molecule has 4 rings (SSSR count). The van der Waals surface area contributed by atoms with Gasteiger partial charge in [0.05, 0.1) is 21.6 Å². The van der Waals surface area contributed by atoms with E-state index in [9.17, 15) is 18.0 Å². The van der Waals surface area contributed by atoms with Crippen molar-refractivity contribution in [2.75, 3.05) is 0 Å². The number of carbonyl (C=O) groups excluding carboxylic acids is 1. The lowest BCUT2D eigenvalue weighted by molar-refractivity contribution is 0.265. The molecule has 134 valence electrons. The summed E-state index contributed by atoms with van der Waals surface area (Å²) in [5, 5.41) is 2.12. The molecule has 5 nitrogen and oxygen atoms in total. The van der Waals surface area contributed by atoms with Gasteiger partial charge in [0.25, 0.3) is 5.24 Å². The van der Waals surface area contributed by atoms with E-state index in [0.717, 1.165) is 35.0 Å². The highest BCUT2D eigenvalue weighted by Gasteiger charge is 2.24. The molecular formula is C18H9F3N4OS. The van der Waals surface area contributed by atoms with Crippen molar-refractivity contribution in [3.05, 3.63) is 70.6 Å². The third-order valence-corrected chi connectivity index (χ3v) is 4.48. The van der Waals surface area contributed by atoms with Crippen LogP contribution >= 0.6 is 11.8 Å². The number of rotatable bonds is 2. The zero-order valence-corrected chi connectivity index (χ0v) is 14.2. The van der Waals surface area contributed by atoms with Crippen LogP contribution in [0.5, 0.6) is 0 Å². The minimum absolute atomic E-state index is 0.120. The molecule has 1 aliphatic heterocycles. The van der Waals surface area contributed by atoms with E-state index in [1.54, 1.807) is 36.7 Å². The predicted molar refractivity (Wildman–Crippen MR) is 97.0 cm³/mol. The SMILES string of the molecule is O=C1NC(=Nc2cc(F)c(F)c(F)c2)C(=Cc2ccc3nccnc3c2)S1. The molecule has 3 aromatic rings. The van der Waals surface area contributed by atoms with Gasteiger partial charge in [0.2, 0.25) is 0 Å². The summed E-state index contributed by atoms with van der Waals surface area (Å²) in [6.45, 7) is 0. The van der Waals surface area contributed by atoms with Crippen LogP contribution in [0.15, 0.2) is 52.6 Å². The second-order valence-electron chi connectivity index (χ2n) is 5.51. The summed E-state index contributed by atoms with van der Waals surface area (Å²) < 4.78 is 39.8. The minimum atomic E-state index is -1.57. The Bertz CT molecular complexity index is 1120. The number of hydrogen-bond acceptors (Lipinski definition) is 5. The summed E-state index contributed by atoms with van der Waals surface area (Å²) >= 11 is 0.887. The van der Waals surface area contributed by atoms with E-state index in [-0.39, 0.29) is 16.8 Å². The van der Waals surface area contributed by atoms with Crippen LogP contribution in [0.1, 0.15) is 5.56 Å². The molecule has 0 atom stereocenters. The number of amides is 1. The second-order valence-corrected chi connectivity index (χ2v) is 6.53. The van der Waals surface area contributed by atoms with E-state index in [1.807, 2.05) is 0 Å². The smallest absolute Gasteiger partial charge is 0.289 e. The van der Waals surface area contributed by atoms with Gasteiger partial charge in [0.15, 0.2) is 17.5 Å². The van der Waals surface area contributed by atoms with Crippen molar-refractivity contribution in [2.24, 2.45) is 4.99 Å². The summed E-state index contributed by atoms with van der Waals surface area (Å²) in [7, 11) is 0. The third kappa shape index (κ3) is 3.54. The number of nitrogens with zero attached hydrogens (tertiary/aromatic N) is 3. The Morgan fingerprint density at radius 3 is 2.44 bits per heavy atom. The summed E-state index contributed by atoms with van der Waals surface area (Å²) in [6.07, 6.45) is 4.84. The molecule has 27 heavy (non-hydrogen) atoms. The Labute approximate surface area is 155 Å². The van der Waals surface area contributed by atoms with Crippen molar-refractivity contribution in [2.45, 2.75) is 0 Å². The Kier molecular flexibility index (Phi) is 4.36. The lowest BCUT2D eigenvalue weighted by atomic mass is 10.1. The summed E-state index contributed by atoms with van der Waals surface area (Å²) in [4.78, 5) is 24.6. The molecule has 1 fully saturated rings. The van der Waals surface area contributed by atoms with Gasteiger partial charge >= 0.3 is 0 Å². The van der Waals surface area contributed by atoms with Crippen LogP contribution in [-0.4, -0.2) is 21.0 Å². The zero-order chi connectivity index (χ0) is 19.0. The van der Waals surface area contributed by atoms with Gasteiger partial charge in [-0.2, -0.15) is 0 Å². The largest absolute Gasteiger partial charge is 0.300 e. The predicted octanol–water partition coefficient (Wildman–Crippen LogP) is 4.57. The van der Waals surface area contributed by atoms with Crippen LogP contribution in [0.2, 0.25) is 0 Å². The minimum Gasteiger partial charge on any atom is -0.300 e. The Balaban J connectivity index is 1.74. The summed E-state index contributed by atoms with van der Waals surface area (Å²) in [5.74, 6) is -4.17. The fourth-order valence-corrected chi connectivity index (χ4v) is 3.21. The van der Waals surface area contributed by atoms with Crippen molar-refractivity contribution in [1.82, 2.24) is 15.3 Å². The standard InChI is InChI=1S/C18H9F3N4OS/c19-11-7-10(8-12(20)16(11)21)24-17-15(27-18(26)25-17)6-9-1-2-13-14(5-9)23-4-3-22-13/h1-8H,(H,24,25,26). The molecule has 1 aromatic heterocycles. The lowest BCUT2D eigenvalue weighted by Crippen LogP contribution is -2.18. The van der Waals surface area contributed by atoms with Gasteiger partial charge in [-0.15, -0.1) is 0 Å². The fraction of sp³-hybridized carbons (Fsp3) is 0. The third-order valence-electron chi connectivity index (χ3n) is 3.66. The zero-order valence-electron chi connectivity index (χ0n) is 13.4. The monoisotopic (exact) mass is 386 g/mol. The Morgan fingerprint density at radius 2 is 1.70 bits per heavy atom. The van der Waals surface area contributed by atoms with E-state index in [2.05, 4.69) is 20.3 Å². The summed E-state index contributed by atoms with van der Waals surface area (Å²) in [6, 6.07) is 6.87. The maximum absolute atomic E-state index is 13.4. The molecule has 1 saturated heterocycles. The average molecular weight is 386 g/mol. The van der Waals surface area contributed by atoms with Crippen LogP contribution < -0.4 is 5.32 Å². The number of carbonyl (C=O) groups is 1. The van der Waals surface area contributed by atoms with Crippen molar-refractivity contribution < 1.29 is 18.0 Å². The molecule has 0 radical (unpaired) electrons. The molecule has 0 spiro atoms. The van der Waals surface area contributed by atoms with Gasteiger partial charge in [-0.05, 0) is 35.5 Å². The molecule has 1 aliphatic rings. The van der Waals surface area contributed by atoms with Gasteiger partial charge in [0, 0.05) is 24.5 Å². The number of thioether (sulfide) groups is 1. The maximum Gasteiger partial charge on any atom is 0.289 e. The van der Waals surface area contributed by atoms with E-state index in [4.69, 9.17) is 0 Å². The summed E-state index contributed by atoms with van der Waals surface area (Å²) in [5.41, 5.74) is 1.99.